The quantitative estimate of drug-likeness (QED) is 0.796. The molecule has 2 aromatic carbocycles. The molecule has 1 aliphatic rings. The van der Waals surface area contributed by atoms with Gasteiger partial charge in [-0.25, -0.2) is 0 Å². The fourth-order valence-electron chi connectivity index (χ4n) is 3.08. The maximum atomic E-state index is 12.5. The van der Waals surface area contributed by atoms with Crippen LogP contribution in [0.4, 0.5) is 14.5 Å². The lowest BCUT2D eigenvalue weighted by molar-refractivity contribution is -0.121. The third kappa shape index (κ3) is 5.19. The Hall–Kier alpha value is -2.67. The number of hydrogen-bond acceptors (Lipinski definition) is 3. The third-order valence-corrected chi connectivity index (χ3v) is 4.84. The number of carbonyl (C=O) groups is 2. The maximum absolute atomic E-state index is 12.5. The van der Waals surface area contributed by atoms with E-state index in [0.29, 0.717) is 42.2 Å². The van der Waals surface area contributed by atoms with Gasteiger partial charge in [-0.15, -0.1) is 0 Å². The molecule has 5 nitrogen and oxygen atoms in total. The first-order valence-corrected chi connectivity index (χ1v) is 9.21. The van der Waals surface area contributed by atoms with Crippen LogP contribution in [0.3, 0.4) is 0 Å². The van der Waals surface area contributed by atoms with E-state index < -0.39 is 6.61 Å². The van der Waals surface area contributed by atoms with Crippen molar-refractivity contribution < 1.29 is 23.1 Å². The molecule has 1 aliphatic heterocycles. The minimum atomic E-state index is -2.89. The van der Waals surface area contributed by atoms with E-state index in [2.05, 4.69) is 10.1 Å². The number of alkyl halides is 2. The van der Waals surface area contributed by atoms with E-state index in [0.717, 1.165) is 0 Å². The third-order valence-electron chi connectivity index (χ3n) is 4.59. The minimum absolute atomic E-state index is 0.0296. The summed E-state index contributed by atoms with van der Waals surface area (Å²) in [7, 11) is 0. The van der Waals surface area contributed by atoms with Gasteiger partial charge in [-0.1, -0.05) is 11.6 Å². The van der Waals surface area contributed by atoms with E-state index in [1.807, 2.05) is 0 Å². The highest BCUT2D eigenvalue weighted by Crippen LogP contribution is 2.23. The lowest BCUT2D eigenvalue weighted by atomic mass is 9.95. The van der Waals surface area contributed by atoms with Gasteiger partial charge in [0.15, 0.2) is 0 Å². The van der Waals surface area contributed by atoms with Crippen LogP contribution in [0, 0.1) is 5.92 Å². The van der Waals surface area contributed by atoms with Crippen LogP contribution in [0.25, 0.3) is 0 Å². The van der Waals surface area contributed by atoms with E-state index >= 15 is 0 Å². The number of nitrogens with zero attached hydrogens (tertiary/aromatic N) is 1. The van der Waals surface area contributed by atoms with Gasteiger partial charge < -0.3 is 15.0 Å². The predicted molar refractivity (Wildman–Crippen MR) is 102 cm³/mol. The Bertz CT molecular complexity index is 820. The molecule has 1 fully saturated rings. The monoisotopic (exact) mass is 408 g/mol. The fourth-order valence-corrected chi connectivity index (χ4v) is 3.21. The molecule has 8 heteroatoms. The van der Waals surface area contributed by atoms with E-state index in [4.69, 9.17) is 11.6 Å². The molecular formula is C20H19ClF2N2O3. The highest BCUT2D eigenvalue weighted by atomic mass is 35.5. The summed E-state index contributed by atoms with van der Waals surface area (Å²) < 4.78 is 28.6. The van der Waals surface area contributed by atoms with Crippen molar-refractivity contribution in [3.63, 3.8) is 0 Å². The molecule has 0 bridgehead atoms. The van der Waals surface area contributed by atoms with Crippen molar-refractivity contribution in [1.29, 1.82) is 0 Å². The van der Waals surface area contributed by atoms with Crippen molar-refractivity contribution in [3.05, 3.63) is 59.1 Å². The molecule has 0 unspecified atom stereocenters. The zero-order valence-electron chi connectivity index (χ0n) is 14.9. The van der Waals surface area contributed by atoms with Crippen LogP contribution in [0.5, 0.6) is 5.75 Å². The predicted octanol–water partition coefficient (Wildman–Crippen LogP) is 4.43. The van der Waals surface area contributed by atoms with Crippen LogP contribution in [0.15, 0.2) is 48.5 Å². The minimum Gasteiger partial charge on any atom is -0.435 e. The van der Waals surface area contributed by atoms with Gasteiger partial charge in [0, 0.05) is 35.3 Å². The van der Waals surface area contributed by atoms with Gasteiger partial charge in [0.2, 0.25) is 5.91 Å². The summed E-state index contributed by atoms with van der Waals surface area (Å²) in [5, 5.41) is 3.34. The lowest BCUT2D eigenvalue weighted by Gasteiger charge is -2.31. The van der Waals surface area contributed by atoms with E-state index in [1.54, 1.807) is 29.2 Å². The zero-order chi connectivity index (χ0) is 20.1. The molecule has 3 rings (SSSR count). The van der Waals surface area contributed by atoms with Gasteiger partial charge in [0.05, 0.1) is 0 Å². The second-order valence-corrected chi connectivity index (χ2v) is 6.90. The van der Waals surface area contributed by atoms with Crippen LogP contribution >= 0.6 is 11.6 Å². The number of piperidine rings is 1. The van der Waals surface area contributed by atoms with Gasteiger partial charge in [0.25, 0.3) is 5.91 Å². The van der Waals surface area contributed by atoms with Crippen molar-refractivity contribution >= 4 is 29.1 Å². The number of anilines is 1. The first kappa shape index (κ1) is 20.1. The number of halogens is 3. The van der Waals surface area contributed by atoms with Crippen LogP contribution in [0.2, 0.25) is 5.02 Å². The number of rotatable bonds is 5. The topological polar surface area (TPSA) is 58.6 Å². The average molecular weight is 409 g/mol. The number of benzene rings is 2. The Morgan fingerprint density at radius 1 is 1.04 bits per heavy atom. The molecule has 1 saturated heterocycles. The summed E-state index contributed by atoms with van der Waals surface area (Å²) in [6, 6.07) is 12.5. The smallest absolute Gasteiger partial charge is 0.387 e. The fraction of sp³-hybridized carbons (Fsp3) is 0.300. The summed E-state index contributed by atoms with van der Waals surface area (Å²) >= 11 is 5.84. The van der Waals surface area contributed by atoms with E-state index in [1.165, 1.54) is 24.3 Å². The molecule has 1 N–H and O–H groups in total. The molecule has 148 valence electrons. The zero-order valence-corrected chi connectivity index (χ0v) is 15.7. The molecule has 0 aromatic heterocycles. The first-order chi connectivity index (χ1) is 13.4. The average Bonchev–Trinajstić information content (AvgIpc) is 2.69. The molecular weight excluding hydrogens is 390 g/mol. The Morgan fingerprint density at radius 2 is 1.64 bits per heavy atom. The van der Waals surface area contributed by atoms with Gasteiger partial charge in [-0.05, 0) is 61.4 Å². The lowest BCUT2D eigenvalue weighted by Crippen LogP contribution is -2.41. The molecule has 0 radical (unpaired) electrons. The molecule has 2 aromatic rings. The van der Waals surface area contributed by atoms with Crippen LogP contribution in [0.1, 0.15) is 23.2 Å². The second kappa shape index (κ2) is 9.01. The number of amides is 2. The summed E-state index contributed by atoms with van der Waals surface area (Å²) in [5.74, 6) is -0.417. The van der Waals surface area contributed by atoms with E-state index in [-0.39, 0.29) is 23.5 Å². The Kier molecular flexibility index (Phi) is 6.46. The van der Waals surface area contributed by atoms with Gasteiger partial charge in [-0.2, -0.15) is 8.78 Å². The summed E-state index contributed by atoms with van der Waals surface area (Å²) in [6.07, 6.45) is 1.11. The Balaban J connectivity index is 1.50. The van der Waals surface area contributed by atoms with Crippen molar-refractivity contribution in [1.82, 2.24) is 4.90 Å². The molecule has 28 heavy (non-hydrogen) atoms. The number of nitrogens with one attached hydrogen (secondary N) is 1. The van der Waals surface area contributed by atoms with Crippen molar-refractivity contribution in [2.75, 3.05) is 18.4 Å². The van der Waals surface area contributed by atoms with Gasteiger partial charge in [0.1, 0.15) is 5.75 Å². The molecule has 0 atom stereocenters. The highest BCUT2D eigenvalue weighted by molar-refractivity contribution is 6.30. The Labute approximate surface area is 166 Å². The van der Waals surface area contributed by atoms with Crippen molar-refractivity contribution in [2.24, 2.45) is 5.92 Å². The summed E-state index contributed by atoms with van der Waals surface area (Å²) in [4.78, 5) is 26.7. The van der Waals surface area contributed by atoms with Crippen molar-refractivity contribution in [3.8, 4) is 5.75 Å². The second-order valence-electron chi connectivity index (χ2n) is 6.47. The van der Waals surface area contributed by atoms with Crippen LogP contribution < -0.4 is 10.1 Å². The van der Waals surface area contributed by atoms with Crippen LogP contribution in [-0.2, 0) is 4.79 Å². The maximum Gasteiger partial charge on any atom is 0.387 e. The number of hydrogen-bond donors (Lipinski definition) is 1. The molecule has 2 amide bonds. The number of carbonyl (C=O) groups excluding carboxylic acids is 2. The summed E-state index contributed by atoms with van der Waals surface area (Å²) in [6.45, 7) is -1.91. The van der Waals surface area contributed by atoms with Crippen LogP contribution in [-0.4, -0.2) is 36.4 Å². The molecule has 0 aliphatic carbocycles. The SMILES string of the molecule is O=C(Nc1ccc(OC(F)F)cc1)C1CCN(C(=O)c2ccc(Cl)cc2)CC1. The Morgan fingerprint density at radius 3 is 2.21 bits per heavy atom. The normalized spacial score (nSPS) is 14.8. The molecule has 0 spiro atoms. The highest BCUT2D eigenvalue weighted by Gasteiger charge is 2.27. The largest absolute Gasteiger partial charge is 0.435 e. The molecule has 1 heterocycles. The summed E-state index contributed by atoms with van der Waals surface area (Å²) in [5.41, 5.74) is 1.07. The van der Waals surface area contributed by atoms with Gasteiger partial charge in [-0.3, -0.25) is 9.59 Å². The number of ether oxygens (including phenoxy) is 1. The van der Waals surface area contributed by atoms with E-state index in [9.17, 15) is 18.4 Å². The first-order valence-electron chi connectivity index (χ1n) is 8.83. The molecule has 0 saturated carbocycles. The van der Waals surface area contributed by atoms with Crippen molar-refractivity contribution in [2.45, 2.75) is 19.5 Å². The van der Waals surface area contributed by atoms with Gasteiger partial charge >= 0.3 is 6.61 Å². The number of likely N-dealkylation sites (tertiary alicyclic amines) is 1. The standard InChI is InChI=1S/C20H19ClF2N2O3/c21-15-3-1-14(2-4-15)19(27)25-11-9-13(10-12-25)18(26)24-16-5-7-17(8-6-16)28-20(22)23/h1-8,13,20H,9-12H2,(H,24,26).